The van der Waals surface area contributed by atoms with Crippen LogP contribution in [0.25, 0.3) is 0 Å². The summed E-state index contributed by atoms with van der Waals surface area (Å²) in [4.78, 5) is 2.69. The van der Waals surface area contributed by atoms with E-state index in [0.717, 1.165) is 13.1 Å². The predicted molar refractivity (Wildman–Crippen MR) is 53.1 cm³/mol. The number of rotatable bonds is 1. The van der Waals surface area contributed by atoms with Crippen molar-refractivity contribution in [2.45, 2.75) is 24.9 Å². The van der Waals surface area contributed by atoms with Crippen molar-refractivity contribution in [1.29, 1.82) is 0 Å². The predicted octanol–water partition coefficient (Wildman–Crippen LogP) is 1.03. The molecule has 1 aliphatic heterocycles. The largest absolute Gasteiger partial charge is 0.382 e. The quantitative estimate of drug-likeness (QED) is 0.701. The summed E-state index contributed by atoms with van der Waals surface area (Å²) in [5.41, 5.74) is 0.954. The highest BCUT2D eigenvalue weighted by molar-refractivity contribution is 7.12. The second-order valence-corrected chi connectivity index (χ2v) is 5.18. The molecule has 0 amide bonds. The molecule has 1 aliphatic carbocycles. The lowest BCUT2D eigenvalue weighted by atomic mass is 9.95. The maximum Gasteiger partial charge on any atom is 0.123 e. The standard InChI is InChI=1S/C10H13NOS/c12-10(5-11-6-10)9-4-7-2-1-3-8(7)13-9/h4,11-12H,1-3,5-6H2. The van der Waals surface area contributed by atoms with Crippen LogP contribution in [0.15, 0.2) is 6.07 Å². The van der Waals surface area contributed by atoms with E-state index in [4.69, 9.17) is 0 Å². The van der Waals surface area contributed by atoms with Gasteiger partial charge in [0.1, 0.15) is 5.60 Å². The summed E-state index contributed by atoms with van der Waals surface area (Å²) in [6.45, 7) is 1.46. The number of aryl methyl sites for hydroxylation is 2. The average Bonchev–Trinajstić information content (AvgIpc) is 2.57. The van der Waals surface area contributed by atoms with E-state index in [0.29, 0.717) is 0 Å². The highest BCUT2D eigenvalue weighted by Gasteiger charge is 2.38. The molecule has 2 aliphatic rings. The summed E-state index contributed by atoms with van der Waals surface area (Å²) in [5.74, 6) is 0. The van der Waals surface area contributed by atoms with Crippen molar-refractivity contribution in [3.8, 4) is 0 Å². The first kappa shape index (κ1) is 7.97. The summed E-state index contributed by atoms with van der Waals surface area (Å²) in [6, 6.07) is 2.22. The lowest BCUT2D eigenvalue weighted by Gasteiger charge is -2.36. The highest BCUT2D eigenvalue weighted by Crippen LogP contribution is 2.37. The van der Waals surface area contributed by atoms with E-state index >= 15 is 0 Å². The molecule has 2 heterocycles. The van der Waals surface area contributed by atoms with E-state index in [1.165, 1.54) is 34.6 Å². The van der Waals surface area contributed by atoms with Crippen LogP contribution in [0.4, 0.5) is 0 Å². The number of hydrogen-bond acceptors (Lipinski definition) is 3. The zero-order chi connectivity index (χ0) is 8.89. The van der Waals surface area contributed by atoms with Crippen LogP contribution in [-0.2, 0) is 18.4 Å². The topological polar surface area (TPSA) is 32.3 Å². The molecular weight excluding hydrogens is 182 g/mol. The molecule has 1 aromatic rings. The summed E-state index contributed by atoms with van der Waals surface area (Å²) in [6.07, 6.45) is 3.75. The zero-order valence-electron chi connectivity index (χ0n) is 7.47. The Balaban J connectivity index is 1.97. The van der Waals surface area contributed by atoms with Crippen LogP contribution in [0, 0.1) is 0 Å². The molecule has 0 bridgehead atoms. The van der Waals surface area contributed by atoms with Crippen LogP contribution < -0.4 is 5.32 Å². The van der Waals surface area contributed by atoms with Gasteiger partial charge in [-0.15, -0.1) is 11.3 Å². The van der Waals surface area contributed by atoms with E-state index in [9.17, 15) is 5.11 Å². The van der Waals surface area contributed by atoms with Crippen molar-refractivity contribution in [3.05, 3.63) is 21.4 Å². The first-order valence-electron chi connectivity index (χ1n) is 4.83. The van der Waals surface area contributed by atoms with Crippen LogP contribution in [0.5, 0.6) is 0 Å². The van der Waals surface area contributed by atoms with Crippen molar-refractivity contribution in [1.82, 2.24) is 5.32 Å². The van der Waals surface area contributed by atoms with Crippen LogP contribution in [0.2, 0.25) is 0 Å². The van der Waals surface area contributed by atoms with Gasteiger partial charge in [0.2, 0.25) is 0 Å². The Morgan fingerprint density at radius 2 is 2.23 bits per heavy atom. The Bertz CT molecular complexity index is 319. The van der Waals surface area contributed by atoms with Crippen molar-refractivity contribution in [3.63, 3.8) is 0 Å². The number of β-amino-alcohol motifs (C(OH)–C–C–N with tert-alkyl or cyclic N) is 1. The molecule has 3 heteroatoms. The Kier molecular flexibility index (Phi) is 1.57. The third kappa shape index (κ3) is 1.08. The van der Waals surface area contributed by atoms with Gasteiger partial charge in [0, 0.05) is 22.8 Å². The van der Waals surface area contributed by atoms with Gasteiger partial charge in [-0.25, -0.2) is 0 Å². The molecule has 0 spiro atoms. The molecule has 1 aromatic heterocycles. The summed E-state index contributed by atoms with van der Waals surface area (Å²) >= 11 is 1.81. The summed E-state index contributed by atoms with van der Waals surface area (Å²) in [5, 5.41) is 13.2. The van der Waals surface area contributed by atoms with Gasteiger partial charge >= 0.3 is 0 Å². The van der Waals surface area contributed by atoms with E-state index in [1.54, 1.807) is 0 Å². The Labute approximate surface area is 81.6 Å². The van der Waals surface area contributed by atoms with E-state index in [-0.39, 0.29) is 0 Å². The molecule has 0 saturated carbocycles. The summed E-state index contributed by atoms with van der Waals surface area (Å²) < 4.78 is 0. The summed E-state index contributed by atoms with van der Waals surface area (Å²) in [7, 11) is 0. The Hall–Kier alpha value is -0.380. The lowest BCUT2D eigenvalue weighted by molar-refractivity contribution is -0.0112. The maximum atomic E-state index is 10.1. The number of fused-ring (bicyclic) bond motifs is 1. The highest BCUT2D eigenvalue weighted by atomic mass is 32.1. The number of hydrogen-bond donors (Lipinski definition) is 2. The smallest absolute Gasteiger partial charge is 0.123 e. The zero-order valence-corrected chi connectivity index (χ0v) is 8.28. The molecule has 0 aromatic carbocycles. The fraction of sp³-hybridized carbons (Fsp3) is 0.600. The number of thiophene rings is 1. The van der Waals surface area contributed by atoms with Gasteiger partial charge in [0.15, 0.2) is 0 Å². The Morgan fingerprint density at radius 1 is 1.38 bits per heavy atom. The second kappa shape index (κ2) is 2.56. The van der Waals surface area contributed by atoms with Gasteiger partial charge in [-0.2, -0.15) is 0 Å². The van der Waals surface area contributed by atoms with Gasteiger partial charge in [-0.3, -0.25) is 0 Å². The monoisotopic (exact) mass is 195 g/mol. The number of nitrogens with one attached hydrogen (secondary N) is 1. The van der Waals surface area contributed by atoms with Crippen LogP contribution >= 0.6 is 11.3 Å². The van der Waals surface area contributed by atoms with Crippen LogP contribution in [0.3, 0.4) is 0 Å². The first-order valence-corrected chi connectivity index (χ1v) is 5.65. The molecule has 1 saturated heterocycles. The third-order valence-corrected chi connectivity index (χ3v) is 4.47. The van der Waals surface area contributed by atoms with Gasteiger partial charge < -0.3 is 10.4 Å². The molecule has 0 unspecified atom stereocenters. The van der Waals surface area contributed by atoms with Gasteiger partial charge in [0.05, 0.1) is 0 Å². The molecule has 0 atom stereocenters. The maximum absolute atomic E-state index is 10.1. The number of aliphatic hydroxyl groups is 1. The lowest BCUT2D eigenvalue weighted by Crippen LogP contribution is -2.56. The normalized spacial score (nSPS) is 24.1. The minimum absolute atomic E-state index is 0.533. The molecule has 1 fully saturated rings. The van der Waals surface area contributed by atoms with Crippen molar-refractivity contribution >= 4 is 11.3 Å². The molecule has 2 N–H and O–H groups in total. The first-order chi connectivity index (χ1) is 6.28. The molecule has 13 heavy (non-hydrogen) atoms. The molecule has 2 nitrogen and oxygen atoms in total. The minimum atomic E-state index is -0.533. The van der Waals surface area contributed by atoms with E-state index in [2.05, 4.69) is 11.4 Å². The molecule has 70 valence electrons. The second-order valence-electron chi connectivity index (χ2n) is 4.05. The van der Waals surface area contributed by atoms with E-state index in [1.807, 2.05) is 11.3 Å². The SMILES string of the molecule is OC1(c2cc3c(s2)CCC3)CNC1. The third-order valence-electron chi connectivity index (χ3n) is 3.04. The van der Waals surface area contributed by atoms with Gasteiger partial charge in [-0.05, 0) is 30.9 Å². The van der Waals surface area contributed by atoms with Crippen LogP contribution in [-0.4, -0.2) is 18.2 Å². The molecular formula is C10H13NOS. The Morgan fingerprint density at radius 3 is 2.85 bits per heavy atom. The molecule has 3 rings (SSSR count). The molecule has 0 radical (unpaired) electrons. The van der Waals surface area contributed by atoms with Crippen LogP contribution in [0.1, 0.15) is 21.7 Å². The van der Waals surface area contributed by atoms with Gasteiger partial charge in [-0.1, -0.05) is 0 Å². The average molecular weight is 195 g/mol. The van der Waals surface area contributed by atoms with Gasteiger partial charge in [0.25, 0.3) is 0 Å². The van der Waals surface area contributed by atoms with E-state index < -0.39 is 5.60 Å². The van der Waals surface area contributed by atoms with Crippen molar-refractivity contribution in [2.75, 3.05) is 13.1 Å². The van der Waals surface area contributed by atoms with Crippen molar-refractivity contribution in [2.24, 2.45) is 0 Å². The fourth-order valence-corrected chi connectivity index (χ4v) is 3.43. The minimum Gasteiger partial charge on any atom is -0.382 e. The van der Waals surface area contributed by atoms with Crippen molar-refractivity contribution < 1.29 is 5.11 Å². The fourth-order valence-electron chi connectivity index (χ4n) is 2.09.